The second-order valence-electron chi connectivity index (χ2n) is 7.94. The second kappa shape index (κ2) is 9.28. The first-order valence-corrected chi connectivity index (χ1v) is 11.4. The summed E-state index contributed by atoms with van der Waals surface area (Å²) >= 11 is 1.69. The summed E-state index contributed by atoms with van der Waals surface area (Å²) in [6, 6.07) is 3.25. The Morgan fingerprint density at radius 3 is 2.40 bits per heavy atom. The Bertz CT molecular complexity index is 852. The number of nitrogens with zero attached hydrogens (tertiary/aromatic N) is 5. The van der Waals surface area contributed by atoms with E-state index in [9.17, 15) is 9.59 Å². The summed E-state index contributed by atoms with van der Waals surface area (Å²) in [4.78, 5) is 38.3. The summed E-state index contributed by atoms with van der Waals surface area (Å²) in [5, 5.41) is 3.23. The standard InChI is InChI=1S/C21H29N5O3S/c1-16(24-7-5-23(6-8-24)14-18-15-30-17(2)22-18)20(27)25-9-11-26(12-10-25)21(28)19-4-3-13-29-19/h3-4,13,15-16H,5-12,14H2,1-2H3/t16-/m0/s1. The summed E-state index contributed by atoms with van der Waals surface area (Å²) in [6.07, 6.45) is 1.51. The van der Waals surface area contributed by atoms with E-state index in [2.05, 4.69) is 20.2 Å². The van der Waals surface area contributed by atoms with Gasteiger partial charge in [0.25, 0.3) is 5.91 Å². The molecule has 9 heteroatoms. The first kappa shape index (κ1) is 21.0. The fourth-order valence-corrected chi connectivity index (χ4v) is 4.73. The van der Waals surface area contributed by atoms with Crippen LogP contribution >= 0.6 is 11.3 Å². The summed E-state index contributed by atoms with van der Waals surface area (Å²) in [6.45, 7) is 10.8. The molecular formula is C21H29N5O3S. The fourth-order valence-electron chi connectivity index (χ4n) is 4.13. The van der Waals surface area contributed by atoms with Gasteiger partial charge in [0.2, 0.25) is 5.91 Å². The van der Waals surface area contributed by atoms with Crippen LogP contribution in [0.3, 0.4) is 0 Å². The van der Waals surface area contributed by atoms with Crippen molar-refractivity contribution in [2.24, 2.45) is 0 Å². The van der Waals surface area contributed by atoms with E-state index in [0.717, 1.165) is 43.4 Å². The summed E-state index contributed by atoms with van der Waals surface area (Å²) < 4.78 is 5.20. The molecule has 0 bridgehead atoms. The molecule has 162 valence electrons. The molecule has 2 aromatic rings. The first-order chi connectivity index (χ1) is 14.5. The van der Waals surface area contributed by atoms with Crippen molar-refractivity contribution >= 4 is 23.2 Å². The number of hydrogen-bond donors (Lipinski definition) is 0. The third-order valence-corrected chi connectivity index (χ3v) is 6.80. The molecule has 0 spiro atoms. The van der Waals surface area contributed by atoms with Gasteiger partial charge in [0.15, 0.2) is 5.76 Å². The number of aromatic nitrogens is 1. The molecule has 1 atom stereocenters. The second-order valence-corrected chi connectivity index (χ2v) is 9.00. The lowest BCUT2D eigenvalue weighted by molar-refractivity contribution is -0.138. The molecule has 2 saturated heterocycles. The molecule has 0 saturated carbocycles. The highest BCUT2D eigenvalue weighted by molar-refractivity contribution is 7.09. The quantitative estimate of drug-likeness (QED) is 0.715. The van der Waals surface area contributed by atoms with Gasteiger partial charge in [0.1, 0.15) is 0 Å². The lowest BCUT2D eigenvalue weighted by Crippen LogP contribution is -2.57. The molecule has 2 aromatic heterocycles. The molecule has 2 aliphatic heterocycles. The van der Waals surface area contributed by atoms with Gasteiger partial charge in [-0.1, -0.05) is 0 Å². The molecule has 0 N–H and O–H groups in total. The summed E-state index contributed by atoms with van der Waals surface area (Å²) in [5.41, 5.74) is 1.14. The van der Waals surface area contributed by atoms with Crippen LogP contribution in [0.1, 0.15) is 28.2 Å². The minimum absolute atomic E-state index is 0.105. The molecule has 0 aromatic carbocycles. The van der Waals surface area contributed by atoms with Crippen molar-refractivity contribution in [3.63, 3.8) is 0 Å². The molecule has 0 aliphatic carbocycles. The van der Waals surface area contributed by atoms with E-state index in [0.29, 0.717) is 31.9 Å². The smallest absolute Gasteiger partial charge is 0.289 e. The van der Waals surface area contributed by atoms with Crippen molar-refractivity contribution in [2.75, 3.05) is 52.4 Å². The molecule has 2 fully saturated rings. The predicted molar refractivity (Wildman–Crippen MR) is 114 cm³/mol. The monoisotopic (exact) mass is 431 g/mol. The van der Waals surface area contributed by atoms with Gasteiger partial charge in [-0.15, -0.1) is 11.3 Å². The Morgan fingerprint density at radius 1 is 1.10 bits per heavy atom. The zero-order valence-corrected chi connectivity index (χ0v) is 18.4. The third kappa shape index (κ3) is 4.74. The Morgan fingerprint density at radius 2 is 1.80 bits per heavy atom. The number of piperazine rings is 2. The van der Waals surface area contributed by atoms with Gasteiger partial charge in [0.05, 0.1) is 23.0 Å². The van der Waals surface area contributed by atoms with Crippen LogP contribution in [0.2, 0.25) is 0 Å². The largest absolute Gasteiger partial charge is 0.459 e. The number of hydrogen-bond acceptors (Lipinski definition) is 7. The van der Waals surface area contributed by atoms with Crippen LogP contribution < -0.4 is 0 Å². The van der Waals surface area contributed by atoms with Crippen molar-refractivity contribution in [3.05, 3.63) is 40.2 Å². The SMILES string of the molecule is Cc1nc(CN2CCN([C@@H](C)C(=O)N3CCN(C(=O)c4ccco4)CC3)CC2)cs1. The van der Waals surface area contributed by atoms with Gasteiger partial charge in [0, 0.05) is 64.3 Å². The van der Waals surface area contributed by atoms with Crippen LogP contribution in [0.15, 0.2) is 28.2 Å². The molecular weight excluding hydrogens is 402 g/mol. The van der Waals surface area contributed by atoms with Crippen molar-refractivity contribution in [2.45, 2.75) is 26.4 Å². The third-order valence-electron chi connectivity index (χ3n) is 5.97. The summed E-state index contributed by atoms with van der Waals surface area (Å²) in [5.74, 6) is 0.407. The Kier molecular flexibility index (Phi) is 6.50. The molecule has 8 nitrogen and oxygen atoms in total. The van der Waals surface area contributed by atoms with E-state index in [1.54, 1.807) is 28.4 Å². The van der Waals surface area contributed by atoms with E-state index in [-0.39, 0.29) is 17.9 Å². The zero-order chi connectivity index (χ0) is 21.1. The number of thiazole rings is 1. The Labute approximate surface area is 181 Å². The van der Waals surface area contributed by atoms with Gasteiger partial charge in [-0.25, -0.2) is 4.98 Å². The number of aryl methyl sites for hydroxylation is 1. The highest BCUT2D eigenvalue weighted by Crippen LogP contribution is 2.15. The molecule has 4 heterocycles. The average Bonchev–Trinajstić information content (AvgIpc) is 3.45. The molecule has 2 aliphatic rings. The van der Waals surface area contributed by atoms with Crippen molar-refractivity contribution in [1.29, 1.82) is 0 Å². The number of amides is 2. The van der Waals surface area contributed by atoms with Crippen LogP contribution in [0.4, 0.5) is 0 Å². The minimum atomic E-state index is -0.138. The van der Waals surface area contributed by atoms with Crippen molar-refractivity contribution in [1.82, 2.24) is 24.6 Å². The van der Waals surface area contributed by atoms with Crippen LogP contribution in [0, 0.1) is 6.92 Å². The van der Waals surface area contributed by atoms with E-state index >= 15 is 0 Å². The molecule has 2 amide bonds. The van der Waals surface area contributed by atoms with Gasteiger partial charge < -0.3 is 14.2 Å². The molecule has 0 radical (unpaired) electrons. The van der Waals surface area contributed by atoms with Gasteiger partial charge in [-0.05, 0) is 26.0 Å². The van der Waals surface area contributed by atoms with Crippen LogP contribution in [0.25, 0.3) is 0 Å². The number of carbonyl (C=O) groups is 2. The summed E-state index contributed by atoms with van der Waals surface area (Å²) in [7, 11) is 0. The minimum Gasteiger partial charge on any atom is -0.459 e. The number of furan rings is 1. The fraction of sp³-hybridized carbons (Fsp3) is 0.571. The van der Waals surface area contributed by atoms with Gasteiger partial charge >= 0.3 is 0 Å². The maximum Gasteiger partial charge on any atom is 0.289 e. The normalized spacial score (nSPS) is 19.8. The number of rotatable bonds is 5. The molecule has 4 rings (SSSR count). The van der Waals surface area contributed by atoms with Gasteiger partial charge in [-0.2, -0.15) is 0 Å². The maximum absolute atomic E-state index is 13.0. The van der Waals surface area contributed by atoms with E-state index in [4.69, 9.17) is 4.42 Å². The molecule has 0 unspecified atom stereocenters. The lowest BCUT2D eigenvalue weighted by Gasteiger charge is -2.40. The topological polar surface area (TPSA) is 73.1 Å². The predicted octanol–water partition coefficient (Wildman–Crippen LogP) is 1.54. The average molecular weight is 432 g/mol. The van der Waals surface area contributed by atoms with E-state index in [1.165, 1.54) is 6.26 Å². The zero-order valence-electron chi connectivity index (χ0n) is 17.6. The number of carbonyl (C=O) groups excluding carboxylic acids is 2. The van der Waals surface area contributed by atoms with Crippen LogP contribution in [-0.2, 0) is 11.3 Å². The first-order valence-electron chi connectivity index (χ1n) is 10.5. The molecule has 30 heavy (non-hydrogen) atoms. The van der Waals surface area contributed by atoms with E-state index < -0.39 is 0 Å². The lowest BCUT2D eigenvalue weighted by atomic mass is 10.1. The Balaban J connectivity index is 1.23. The van der Waals surface area contributed by atoms with E-state index in [1.807, 2.05) is 18.7 Å². The maximum atomic E-state index is 13.0. The highest BCUT2D eigenvalue weighted by atomic mass is 32.1. The van der Waals surface area contributed by atoms with Gasteiger partial charge in [-0.3, -0.25) is 19.4 Å². The van der Waals surface area contributed by atoms with Crippen LogP contribution in [0.5, 0.6) is 0 Å². The van der Waals surface area contributed by atoms with Crippen LogP contribution in [-0.4, -0.2) is 94.8 Å². The highest BCUT2D eigenvalue weighted by Gasteiger charge is 2.32. The van der Waals surface area contributed by atoms with Crippen molar-refractivity contribution < 1.29 is 14.0 Å². The Hall–Kier alpha value is -2.23. The van der Waals surface area contributed by atoms with Crippen molar-refractivity contribution in [3.8, 4) is 0 Å².